The van der Waals surface area contributed by atoms with Crippen LogP contribution in [0.5, 0.6) is 0 Å². The molecule has 2 atom stereocenters. The zero-order chi connectivity index (χ0) is 21.3. The van der Waals surface area contributed by atoms with E-state index in [-0.39, 0.29) is 12.5 Å². The number of nitrogens with one attached hydrogen (secondary N) is 1. The summed E-state index contributed by atoms with van der Waals surface area (Å²) in [6.07, 6.45) is -0.629. The van der Waals surface area contributed by atoms with Crippen molar-refractivity contribution in [2.45, 2.75) is 53.8 Å². The van der Waals surface area contributed by atoms with E-state index in [1.54, 1.807) is 13.8 Å². The van der Waals surface area contributed by atoms with Crippen LogP contribution >= 0.6 is 0 Å². The molecule has 0 aromatic heterocycles. The van der Waals surface area contributed by atoms with Gasteiger partial charge in [-0.05, 0) is 29.9 Å². The number of hydrogen-bond acceptors (Lipinski definition) is 5. The topological polar surface area (TPSA) is 102 Å². The highest BCUT2D eigenvalue weighted by Crippen LogP contribution is 2.15. The average Bonchev–Trinajstić information content (AvgIpc) is 2.57. The van der Waals surface area contributed by atoms with Crippen LogP contribution in [0.2, 0.25) is 0 Å². The van der Waals surface area contributed by atoms with Gasteiger partial charge in [-0.1, -0.05) is 52.0 Å². The molecule has 0 aliphatic rings. The van der Waals surface area contributed by atoms with Crippen LogP contribution < -0.4 is 5.32 Å². The molecule has 0 radical (unpaired) electrons. The van der Waals surface area contributed by atoms with Crippen molar-refractivity contribution in [3.8, 4) is 0 Å². The summed E-state index contributed by atoms with van der Waals surface area (Å²) >= 11 is 0. The van der Waals surface area contributed by atoms with Crippen LogP contribution in [0.15, 0.2) is 24.3 Å². The van der Waals surface area contributed by atoms with Gasteiger partial charge in [0.05, 0.1) is 5.92 Å². The molecule has 0 saturated carbocycles. The first-order chi connectivity index (χ1) is 13.1. The Balaban J connectivity index is 2.67. The summed E-state index contributed by atoms with van der Waals surface area (Å²) in [7, 11) is 0. The Labute approximate surface area is 166 Å². The molecule has 0 heterocycles. The van der Waals surface area contributed by atoms with Crippen molar-refractivity contribution < 1.29 is 29.0 Å². The Bertz CT molecular complexity index is 671. The van der Waals surface area contributed by atoms with Crippen LogP contribution in [0, 0.1) is 17.8 Å². The largest absolute Gasteiger partial charge is 0.481 e. The van der Waals surface area contributed by atoms with Gasteiger partial charge in [0, 0.05) is 19.4 Å². The van der Waals surface area contributed by atoms with Crippen molar-refractivity contribution in [2.24, 2.45) is 17.8 Å². The molecule has 156 valence electrons. The van der Waals surface area contributed by atoms with Crippen LogP contribution in [-0.4, -0.2) is 36.0 Å². The molecule has 0 aliphatic carbocycles. The van der Waals surface area contributed by atoms with Gasteiger partial charge in [0.2, 0.25) is 0 Å². The molecule has 1 rings (SSSR count). The lowest BCUT2D eigenvalue weighted by molar-refractivity contribution is -0.172. The molecular weight excluding hydrogens is 362 g/mol. The normalized spacial score (nSPS) is 13.1. The number of carbonyl (C=O) groups excluding carboxylic acids is 2. The Morgan fingerprint density at radius 1 is 1.04 bits per heavy atom. The Hall–Kier alpha value is -2.57. The molecule has 7 heteroatoms. The van der Waals surface area contributed by atoms with E-state index >= 15 is 0 Å². The standard InChI is InChI=1S/C21H31NO6/c1-13(2)9-16-7-6-8-17(10-16)11-18(19(24)25)12-22-21(26)28-20(14(3)4)27-15(5)23/h6-8,10,13-14,18,20H,9,11-12H2,1-5H3,(H,22,26)(H,24,25)/t18-,20+/m0/s1. The third kappa shape index (κ3) is 8.88. The summed E-state index contributed by atoms with van der Waals surface area (Å²) in [5, 5.41) is 11.9. The smallest absolute Gasteiger partial charge is 0.410 e. The van der Waals surface area contributed by atoms with Gasteiger partial charge in [0.1, 0.15) is 0 Å². The van der Waals surface area contributed by atoms with E-state index in [1.807, 2.05) is 24.3 Å². The first kappa shape index (κ1) is 23.5. The first-order valence-electron chi connectivity index (χ1n) is 9.50. The minimum Gasteiger partial charge on any atom is -0.481 e. The lowest BCUT2D eigenvalue weighted by Gasteiger charge is -2.21. The second kappa shape index (κ2) is 11.3. The molecule has 0 spiro atoms. The van der Waals surface area contributed by atoms with Crippen LogP contribution in [0.4, 0.5) is 4.79 Å². The summed E-state index contributed by atoms with van der Waals surface area (Å²) in [6, 6.07) is 7.83. The van der Waals surface area contributed by atoms with E-state index in [0.29, 0.717) is 12.3 Å². The number of carboxylic acid groups (broad SMARTS) is 1. The summed E-state index contributed by atoms with van der Waals surface area (Å²) in [5.41, 5.74) is 2.06. The highest BCUT2D eigenvalue weighted by atomic mass is 16.7. The number of carbonyl (C=O) groups is 3. The molecule has 2 N–H and O–H groups in total. The van der Waals surface area contributed by atoms with Gasteiger partial charge in [0.15, 0.2) is 0 Å². The van der Waals surface area contributed by atoms with E-state index in [4.69, 9.17) is 9.47 Å². The van der Waals surface area contributed by atoms with Crippen molar-refractivity contribution in [1.82, 2.24) is 5.32 Å². The zero-order valence-corrected chi connectivity index (χ0v) is 17.2. The Kier molecular flexibility index (Phi) is 9.48. The first-order valence-corrected chi connectivity index (χ1v) is 9.50. The Morgan fingerprint density at radius 2 is 1.64 bits per heavy atom. The minimum absolute atomic E-state index is 0.0898. The third-order valence-electron chi connectivity index (χ3n) is 4.01. The lowest BCUT2D eigenvalue weighted by Crippen LogP contribution is -2.38. The maximum absolute atomic E-state index is 12.0. The number of alkyl carbamates (subject to hydrolysis) is 1. The van der Waals surface area contributed by atoms with Crippen LogP contribution in [0.1, 0.15) is 45.7 Å². The van der Waals surface area contributed by atoms with Gasteiger partial charge in [-0.25, -0.2) is 4.79 Å². The molecule has 0 saturated heterocycles. The molecule has 28 heavy (non-hydrogen) atoms. The van der Waals surface area contributed by atoms with Crippen molar-refractivity contribution >= 4 is 18.0 Å². The average molecular weight is 393 g/mol. The number of esters is 1. The fraction of sp³-hybridized carbons (Fsp3) is 0.571. The molecule has 0 fully saturated rings. The quantitative estimate of drug-likeness (QED) is 0.467. The SMILES string of the molecule is CC(=O)O[C@H](OC(=O)NC[C@H](Cc1cccc(CC(C)C)c1)C(=O)O)C(C)C. The third-order valence-corrected chi connectivity index (χ3v) is 4.01. The number of rotatable bonds is 10. The molecule has 0 aliphatic heterocycles. The zero-order valence-electron chi connectivity index (χ0n) is 17.2. The predicted molar refractivity (Wildman–Crippen MR) is 105 cm³/mol. The maximum Gasteiger partial charge on any atom is 0.410 e. The van der Waals surface area contributed by atoms with E-state index in [9.17, 15) is 19.5 Å². The number of benzene rings is 1. The summed E-state index contributed by atoms with van der Waals surface area (Å²) in [6.45, 7) is 8.87. The molecule has 0 unspecified atom stereocenters. The molecule has 1 amide bonds. The number of aliphatic carboxylic acids is 1. The molecule has 0 bridgehead atoms. The van der Waals surface area contributed by atoms with Gasteiger partial charge in [0.25, 0.3) is 6.29 Å². The van der Waals surface area contributed by atoms with E-state index in [0.717, 1.165) is 17.5 Å². The van der Waals surface area contributed by atoms with Gasteiger partial charge in [-0.3, -0.25) is 9.59 Å². The van der Waals surface area contributed by atoms with Crippen LogP contribution in [-0.2, 0) is 31.9 Å². The van der Waals surface area contributed by atoms with Crippen molar-refractivity contribution in [3.63, 3.8) is 0 Å². The molecular formula is C21H31NO6. The number of hydrogen-bond donors (Lipinski definition) is 2. The van der Waals surface area contributed by atoms with Gasteiger partial charge < -0.3 is 19.9 Å². The van der Waals surface area contributed by atoms with Gasteiger partial charge in [-0.2, -0.15) is 0 Å². The summed E-state index contributed by atoms with van der Waals surface area (Å²) in [5.74, 6) is -2.08. The summed E-state index contributed by atoms with van der Waals surface area (Å²) in [4.78, 5) is 34.7. The maximum atomic E-state index is 12.0. The molecule has 7 nitrogen and oxygen atoms in total. The van der Waals surface area contributed by atoms with Gasteiger partial charge in [-0.15, -0.1) is 0 Å². The highest BCUT2D eigenvalue weighted by molar-refractivity contribution is 5.73. The van der Waals surface area contributed by atoms with E-state index < -0.39 is 30.2 Å². The number of amides is 1. The van der Waals surface area contributed by atoms with Crippen molar-refractivity contribution in [2.75, 3.05) is 6.54 Å². The van der Waals surface area contributed by atoms with Crippen LogP contribution in [0.3, 0.4) is 0 Å². The summed E-state index contributed by atoms with van der Waals surface area (Å²) < 4.78 is 10.0. The fourth-order valence-electron chi connectivity index (χ4n) is 2.70. The van der Waals surface area contributed by atoms with Crippen molar-refractivity contribution in [1.29, 1.82) is 0 Å². The molecule has 1 aromatic carbocycles. The van der Waals surface area contributed by atoms with E-state index in [2.05, 4.69) is 19.2 Å². The minimum atomic E-state index is -1.02. The van der Waals surface area contributed by atoms with Crippen molar-refractivity contribution in [3.05, 3.63) is 35.4 Å². The van der Waals surface area contributed by atoms with Gasteiger partial charge >= 0.3 is 18.0 Å². The highest BCUT2D eigenvalue weighted by Gasteiger charge is 2.23. The predicted octanol–water partition coefficient (Wildman–Crippen LogP) is 3.40. The fourth-order valence-corrected chi connectivity index (χ4v) is 2.70. The second-order valence-corrected chi connectivity index (χ2v) is 7.67. The second-order valence-electron chi connectivity index (χ2n) is 7.67. The number of carboxylic acids is 1. The Morgan fingerprint density at radius 3 is 2.14 bits per heavy atom. The number of ether oxygens (including phenoxy) is 2. The van der Waals surface area contributed by atoms with Crippen LogP contribution in [0.25, 0.3) is 0 Å². The monoisotopic (exact) mass is 393 g/mol. The molecule has 1 aromatic rings. The van der Waals surface area contributed by atoms with E-state index in [1.165, 1.54) is 6.92 Å². The lowest BCUT2D eigenvalue weighted by atomic mass is 9.95.